The Morgan fingerprint density at radius 2 is 1.82 bits per heavy atom. The third-order valence-electron chi connectivity index (χ3n) is 4.36. The van der Waals surface area contributed by atoms with Crippen LogP contribution in [0.5, 0.6) is 5.75 Å². The number of nitrogens with zero attached hydrogens (tertiary/aromatic N) is 2. The molecule has 2 aromatic carbocycles. The van der Waals surface area contributed by atoms with Crippen LogP contribution < -0.4 is 10.1 Å². The van der Waals surface area contributed by atoms with Crippen LogP contribution in [0.2, 0.25) is 0 Å². The Labute approximate surface area is 164 Å². The van der Waals surface area contributed by atoms with Gasteiger partial charge in [-0.15, -0.1) is 0 Å². The van der Waals surface area contributed by atoms with E-state index in [0.29, 0.717) is 17.6 Å². The van der Waals surface area contributed by atoms with E-state index in [1.165, 1.54) is 0 Å². The molecule has 0 aliphatic carbocycles. The lowest BCUT2D eigenvalue weighted by molar-refractivity contribution is -0.123. The van der Waals surface area contributed by atoms with Crippen LogP contribution in [0.15, 0.2) is 47.0 Å². The van der Waals surface area contributed by atoms with Gasteiger partial charge in [-0.2, -0.15) is 4.98 Å². The van der Waals surface area contributed by atoms with E-state index >= 15 is 0 Å². The molecule has 0 saturated carbocycles. The fourth-order valence-corrected chi connectivity index (χ4v) is 2.76. The topological polar surface area (TPSA) is 77.2 Å². The van der Waals surface area contributed by atoms with E-state index in [-0.39, 0.29) is 19.1 Å². The average Bonchev–Trinajstić information content (AvgIpc) is 3.14. The highest BCUT2D eigenvalue weighted by Crippen LogP contribution is 2.27. The summed E-state index contributed by atoms with van der Waals surface area (Å²) in [5, 5.41) is 6.71. The van der Waals surface area contributed by atoms with Gasteiger partial charge in [-0.1, -0.05) is 61.0 Å². The molecule has 6 heteroatoms. The van der Waals surface area contributed by atoms with Crippen LogP contribution in [0.1, 0.15) is 42.3 Å². The molecule has 1 heterocycles. The van der Waals surface area contributed by atoms with Crippen molar-refractivity contribution in [1.82, 2.24) is 15.5 Å². The maximum absolute atomic E-state index is 12.1. The molecule has 0 fully saturated rings. The number of carbonyl (C=O) groups is 1. The fraction of sp³-hybridized carbons (Fsp3) is 0.318. The Bertz CT molecular complexity index is 946. The van der Waals surface area contributed by atoms with Gasteiger partial charge in [-0.25, -0.2) is 0 Å². The van der Waals surface area contributed by atoms with Gasteiger partial charge in [-0.3, -0.25) is 4.79 Å². The van der Waals surface area contributed by atoms with Gasteiger partial charge < -0.3 is 14.6 Å². The normalized spacial score (nSPS) is 10.9. The van der Waals surface area contributed by atoms with Crippen LogP contribution >= 0.6 is 0 Å². The monoisotopic (exact) mass is 379 g/mol. The molecule has 0 unspecified atom stereocenters. The van der Waals surface area contributed by atoms with E-state index in [0.717, 1.165) is 28.0 Å². The minimum absolute atomic E-state index is 0.0673. The second-order valence-electron chi connectivity index (χ2n) is 7.14. The highest BCUT2D eigenvalue weighted by Gasteiger charge is 2.12. The smallest absolute Gasteiger partial charge is 0.258 e. The molecule has 0 atom stereocenters. The van der Waals surface area contributed by atoms with Crippen molar-refractivity contribution < 1.29 is 14.1 Å². The molecule has 0 bridgehead atoms. The zero-order valence-corrected chi connectivity index (χ0v) is 16.7. The van der Waals surface area contributed by atoms with E-state index in [2.05, 4.69) is 29.3 Å². The van der Waals surface area contributed by atoms with Crippen molar-refractivity contribution in [1.29, 1.82) is 0 Å². The summed E-state index contributed by atoms with van der Waals surface area (Å²) in [5.74, 6) is 1.66. The summed E-state index contributed by atoms with van der Waals surface area (Å²) in [5.41, 5.74) is 4.21. The predicted molar refractivity (Wildman–Crippen MR) is 107 cm³/mol. The summed E-state index contributed by atoms with van der Waals surface area (Å²) < 4.78 is 10.9. The number of ether oxygens (including phenoxy) is 1. The molecule has 3 aromatic rings. The number of carbonyl (C=O) groups excluding carboxylic acids is 1. The molecule has 0 saturated heterocycles. The number of aromatic nitrogens is 2. The van der Waals surface area contributed by atoms with Gasteiger partial charge in [0.05, 0.1) is 6.54 Å². The van der Waals surface area contributed by atoms with Crippen molar-refractivity contribution >= 4 is 5.91 Å². The van der Waals surface area contributed by atoms with Crippen LogP contribution in [0.4, 0.5) is 0 Å². The average molecular weight is 379 g/mol. The van der Waals surface area contributed by atoms with Crippen molar-refractivity contribution in [2.45, 2.75) is 40.2 Å². The number of hydrogen-bond donors (Lipinski definition) is 1. The SMILES string of the molecule is Cc1ccc(-c2noc(CNC(=O)COc3cc(C)ccc3C(C)C)n2)cc1. The Balaban J connectivity index is 1.54. The minimum Gasteiger partial charge on any atom is -0.483 e. The van der Waals surface area contributed by atoms with Gasteiger partial charge in [-0.05, 0) is 37.0 Å². The van der Waals surface area contributed by atoms with Gasteiger partial charge in [0.25, 0.3) is 5.91 Å². The molecule has 1 amide bonds. The number of aryl methyl sites for hydroxylation is 2. The van der Waals surface area contributed by atoms with Crippen LogP contribution in [-0.2, 0) is 11.3 Å². The first kappa shape index (κ1) is 19.6. The van der Waals surface area contributed by atoms with Gasteiger partial charge in [0.2, 0.25) is 11.7 Å². The van der Waals surface area contributed by atoms with E-state index < -0.39 is 0 Å². The van der Waals surface area contributed by atoms with E-state index in [9.17, 15) is 4.79 Å². The molecule has 146 valence electrons. The van der Waals surface area contributed by atoms with Gasteiger partial charge in [0, 0.05) is 5.56 Å². The lowest BCUT2D eigenvalue weighted by atomic mass is 10.0. The first-order valence-corrected chi connectivity index (χ1v) is 9.32. The maximum atomic E-state index is 12.1. The largest absolute Gasteiger partial charge is 0.483 e. The standard InChI is InChI=1S/C22H25N3O3/c1-14(2)18-10-7-16(4)11-19(18)27-13-20(26)23-12-21-24-22(25-28-21)17-8-5-15(3)6-9-17/h5-11,14H,12-13H2,1-4H3,(H,23,26). The van der Waals surface area contributed by atoms with Gasteiger partial charge >= 0.3 is 0 Å². The second kappa shape index (κ2) is 8.69. The zero-order chi connectivity index (χ0) is 20.1. The first-order chi connectivity index (χ1) is 13.4. The predicted octanol–water partition coefficient (Wildman–Crippen LogP) is 4.17. The molecule has 0 spiro atoms. The van der Waals surface area contributed by atoms with Crippen LogP contribution in [0.3, 0.4) is 0 Å². The molecular formula is C22H25N3O3. The molecular weight excluding hydrogens is 354 g/mol. The van der Waals surface area contributed by atoms with Crippen LogP contribution in [0, 0.1) is 13.8 Å². The van der Waals surface area contributed by atoms with Gasteiger partial charge in [0.1, 0.15) is 5.75 Å². The van der Waals surface area contributed by atoms with E-state index in [4.69, 9.17) is 9.26 Å². The first-order valence-electron chi connectivity index (χ1n) is 9.32. The summed E-state index contributed by atoms with van der Waals surface area (Å²) in [7, 11) is 0. The molecule has 1 N–H and O–H groups in total. The Morgan fingerprint density at radius 1 is 1.11 bits per heavy atom. The molecule has 3 rings (SSSR count). The molecule has 0 radical (unpaired) electrons. The molecule has 6 nitrogen and oxygen atoms in total. The summed E-state index contributed by atoms with van der Waals surface area (Å²) >= 11 is 0. The molecule has 0 aliphatic heterocycles. The fourth-order valence-electron chi connectivity index (χ4n) is 2.76. The third-order valence-corrected chi connectivity index (χ3v) is 4.36. The highest BCUT2D eigenvalue weighted by molar-refractivity contribution is 5.77. The van der Waals surface area contributed by atoms with Crippen molar-refractivity contribution in [2.75, 3.05) is 6.61 Å². The maximum Gasteiger partial charge on any atom is 0.258 e. The zero-order valence-electron chi connectivity index (χ0n) is 16.7. The van der Waals surface area contributed by atoms with Crippen molar-refractivity contribution in [3.05, 3.63) is 65.0 Å². The quantitative estimate of drug-likeness (QED) is 0.667. The Hall–Kier alpha value is -3.15. The molecule has 1 aromatic heterocycles. The summed E-state index contributed by atoms with van der Waals surface area (Å²) in [6, 6.07) is 13.9. The minimum atomic E-state index is -0.244. The summed E-state index contributed by atoms with van der Waals surface area (Å²) in [6.07, 6.45) is 0. The molecule has 0 aliphatic rings. The summed E-state index contributed by atoms with van der Waals surface area (Å²) in [6.45, 7) is 8.30. The summed E-state index contributed by atoms with van der Waals surface area (Å²) in [4.78, 5) is 16.5. The van der Waals surface area contributed by atoms with Crippen molar-refractivity contribution in [2.24, 2.45) is 0 Å². The lowest BCUT2D eigenvalue weighted by Gasteiger charge is -2.14. The van der Waals surface area contributed by atoms with Crippen molar-refractivity contribution in [3.63, 3.8) is 0 Å². The van der Waals surface area contributed by atoms with E-state index in [1.54, 1.807) is 0 Å². The van der Waals surface area contributed by atoms with Crippen LogP contribution in [-0.4, -0.2) is 22.7 Å². The molecule has 28 heavy (non-hydrogen) atoms. The lowest BCUT2D eigenvalue weighted by Crippen LogP contribution is -2.28. The number of amides is 1. The third kappa shape index (κ3) is 4.97. The number of rotatable bonds is 7. The second-order valence-corrected chi connectivity index (χ2v) is 7.14. The number of nitrogens with one attached hydrogen (secondary N) is 1. The van der Waals surface area contributed by atoms with E-state index in [1.807, 2.05) is 56.3 Å². The Morgan fingerprint density at radius 3 is 2.54 bits per heavy atom. The number of hydrogen-bond acceptors (Lipinski definition) is 5. The number of benzene rings is 2. The Kier molecular flexibility index (Phi) is 6.09. The van der Waals surface area contributed by atoms with Crippen LogP contribution in [0.25, 0.3) is 11.4 Å². The van der Waals surface area contributed by atoms with Gasteiger partial charge in [0.15, 0.2) is 6.61 Å². The van der Waals surface area contributed by atoms with Crippen molar-refractivity contribution in [3.8, 4) is 17.1 Å². The highest BCUT2D eigenvalue weighted by atomic mass is 16.5.